The molecule has 0 fully saturated rings. The van der Waals surface area contributed by atoms with E-state index in [1.54, 1.807) is 14.1 Å². The second kappa shape index (κ2) is 9.35. The maximum absolute atomic E-state index is 11.5. The van der Waals surface area contributed by atoms with E-state index in [2.05, 4.69) is 10.0 Å². The van der Waals surface area contributed by atoms with Gasteiger partial charge < -0.3 is 5.32 Å². The fourth-order valence-corrected chi connectivity index (χ4v) is 1.87. The first-order valence-electron chi connectivity index (χ1n) is 4.90. The SMILES string of the molecule is CCCCN(C)S(=O)(=O)NCCNC.Cl. The lowest BCUT2D eigenvalue weighted by Crippen LogP contribution is -2.41. The molecule has 0 aromatic carbocycles. The molecule has 0 bridgehead atoms. The molecule has 0 radical (unpaired) electrons. The predicted octanol–water partition coefficient (Wildman–Crippen LogP) is 0.194. The number of rotatable bonds is 8. The van der Waals surface area contributed by atoms with Crippen LogP contribution < -0.4 is 10.0 Å². The number of nitrogens with one attached hydrogen (secondary N) is 2. The van der Waals surface area contributed by atoms with Gasteiger partial charge in [-0.2, -0.15) is 12.7 Å². The summed E-state index contributed by atoms with van der Waals surface area (Å²) < 4.78 is 26.9. The van der Waals surface area contributed by atoms with E-state index in [-0.39, 0.29) is 12.4 Å². The number of hydrogen-bond acceptors (Lipinski definition) is 3. The van der Waals surface area contributed by atoms with Crippen LogP contribution in [0.25, 0.3) is 0 Å². The Morgan fingerprint density at radius 2 is 1.87 bits per heavy atom. The van der Waals surface area contributed by atoms with Crippen molar-refractivity contribution >= 4 is 22.6 Å². The second-order valence-electron chi connectivity index (χ2n) is 3.18. The van der Waals surface area contributed by atoms with Crippen molar-refractivity contribution in [3.63, 3.8) is 0 Å². The van der Waals surface area contributed by atoms with Crippen molar-refractivity contribution in [1.82, 2.24) is 14.3 Å². The van der Waals surface area contributed by atoms with Gasteiger partial charge in [-0.15, -0.1) is 12.4 Å². The normalized spacial score (nSPS) is 11.5. The average Bonchev–Trinajstić information content (AvgIpc) is 2.14. The van der Waals surface area contributed by atoms with Crippen LogP contribution in [0.1, 0.15) is 19.8 Å². The average molecular weight is 260 g/mol. The molecule has 0 aromatic heterocycles. The molecule has 0 rings (SSSR count). The van der Waals surface area contributed by atoms with Gasteiger partial charge in [0.2, 0.25) is 0 Å². The van der Waals surface area contributed by atoms with Crippen LogP contribution in [0.2, 0.25) is 0 Å². The minimum atomic E-state index is -3.26. The lowest BCUT2D eigenvalue weighted by molar-refractivity contribution is 0.448. The molecule has 15 heavy (non-hydrogen) atoms. The molecule has 0 spiro atoms. The molecule has 0 unspecified atom stereocenters. The van der Waals surface area contributed by atoms with E-state index in [9.17, 15) is 8.42 Å². The van der Waals surface area contributed by atoms with E-state index < -0.39 is 10.2 Å². The summed E-state index contributed by atoms with van der Waals surface area (Å²) in [7, 11) is 0.120. The van der Waals surface area contributed by atoms with Gasteiger partial charge in [0.15, 0.2) is 0 Å². The van der Waals surface area contributed by atoms with E-state index in [0.717, 1.165) is 12.8 Å². The molecular formula is C8H22ClN3O2S. The number of hydrogen-bond donors (Lipinski definition) is 2. The Kier molecular flexibility index (Phi) is 10.9. The standard InChI is InChI=1S/C8H21N3O2S.ClH/c1-4-5-8-11(3)14(12,13)10-7-6-9-2;/h9-10H,4-8H2,1-3H3;1H. The summed E-state index contributed by atoms with van der Waals surface area (Å²) in [4.78, 5) is 0. The molecule has 0 amide bonds. The van der Waals surface area contributed by atoms with Crippen molar-refractivity contribution in [3.8, 4) is 0 Å². The number of nitrogens with zero attached hydrogens (tertiary/aromatic N) is 1. The van der Waals surface area contributed by atoms with Gasteiger partial charge in [0, 0.05) is 26.7 Å². The molecule has 0 heterocycles. The minimum absolute atomic E-state index is 0. The largest absolute Gasteiger partial charge is 0.318 e. The second-order valence-corrected chi connectivity index (χ2v) is 5.04. The van der Waals surface area contributed by atoms with Gasteiger partial charge in [0.25, 0.3) is 10.2 Å². The van der Waals surface area contributed by atoms with Crippen LogP contribution >= 0.6 is 12.4 Å². The number of likely N-dealkylation sites (N-methyl/N-ethyl adjacent to an activating group) is 1. The van der Waals surface area contributed by atoms with Crippen molar-refractivity contribution in [2.24, 2.45) is 0 Å². The molecule has 0 aliphatic carbocycles. The molecular weight excluding hydrogens is 238 g/mol. The van der Waals surface area contributed by atoms with Crippen LogP contribution in [0.15, 0.2) is 0 Å². The van der Waals surface area contributed by atoms with Crippen LogP contribution in [0, 0.1) is 0 Å². The Morgan fingerprint density at radius 3 is 2.33 bits per heavy atom. The lowest BCUT2D eigenvalue weighted by Gasteiger charge is -2.17. The lowest BCUT2D eigenvalue weighted by atomic mass is 10.3. The zero-order valence-corrected chi connectivity index (χ0v) is 11.2. The van der Waals surface area contributed by atoms with Crippen molar-refractivity contribution in [3.05, 3.63) is 0 Å². The van der Waals surface area contributed by atoms with Gasteiger partial charge in [-0.25, -0.2) is 4.72 Å². The highest BCUT2D eigenvalue weighted by atomic mass is 35.5. The Labute approximate surface area is 99.2 Å². The zero-order valence-electron chi connectivity index (χ0n) is 9.62. The maximum atomic E-state index is 11.5. The van der Waals surface area contributed by atoms with Crippen LogP contribution in [0.5, 0.6) is 0 Å². The number of halogens is 1. The van der Waals surface area contributed by atoms with Crippen molar-refractivity contribution < 1.29 is 8.42 Å². The summed E-state index contributed by atoms with van der Waals surface area (Å²) in [5.41, 5.74) is 0. The van der Waals surface area contributed by atoms with Crippen molar-refractivity contribution in [2.75, 3.05) is 33.7 Å². The van der Waals surface area contributed by atoms with Gasteiger partial charge >= 0.3 is 0 Å². The van der Waals surface area contributed by atoms with Crippen molar-refractivity contribution in [1.29, 1.82) is 0 Å². The van der Waals surface area contributed by atoms with E-state index >= 15 is 0 Å². The monoisotopic (exact) mass is 259 g/mol. The fourth-order valence-electron chi connectivity index (χ4n) is 0.916. The molecule has 2 N–H and O–H groups in total. The summed E-state index contributed by atoms with van der Waals surface area (Å²) in [5, 5.41) is 2.88. The maximum Gasteiger partial charge on any atom is 0.279 e. The van der Waals surface area contributed by atoms with Gasteiger partial charge in [0.05, 0.1) is 0 Å². The first-order valence-corrected chi connectivity index (χ1v) is 6.34. The third-order valence-electron chi connectivity index (χ3n) is 1.90. The number of unbranched alkanes of at least 4 members (excludes halogenated alkanes) is 1. The van der Waals surface area contributed by atoms with Gasteiger partial charge in [0.1, 0.15) is 0 Å². The summed E-state index contributed by atoms with van der Waals surface area (Å²) >= 11 is 0. The van der Waals surface area contributed by atoms with Crippen LogP contribution in [0.3, 0.4) is 0 Å². The first kappa shape index (κ1) is 17.5. The van der Waals surface area contributed by atoms with Crippen LogP contribution in [-0.4, -0.2) is 46.5 Å². The molecule has 0 saturated heterocycles. The Balaban J connectivity index is 0. The Bertz CT molecular complexity index is 234. The molecule has 5 nitrogen and oxygen atoms in total. The van der Waals surface area contributed by atoms with Crippen molar-refractivity contribution in [2.45, 2.75) is 19.8 Å². The highest BCUT2D eigenvalue weighted by Crippen LogP contribution is 1.96. The minimum Gasteiger partial charge on any atom is -0.318 e. The Morgan fingerprint density at radius 1 is 1.27 bits per heavy atom. The molecule has 94 valence electrons. The van der Waals surface area contributed by atoms with Gasteiger partial charge in [-0.3, -0.25) is 0 Å². The molecule has 0 saturated carbocycles. The van der Waals surface area contributed by atoms with E-state index in [0.29, 0.717) is 19.6 Å². The molecule has 0 aromatic rings. The smallest absolute Gasteiger partial charge is 0.279 e. The highest BCUT2D eigenvalue weighted by molar-refractivity contribution is 7.87. The summed E-state index contributed by atoms with van der Waals surface area (Å²) in [6.07, 6.45) is 1.89. The fraction of sp³-hybridized carbons (Fsp3) is 1.00. The molecule has 0 atom stereocenters. The first-order chi connectivity index (χ1) is 6.54. The van der Waals surface area contributed by atoms with Gasteiger partial charge in [-0.1, -0.05) is 13.3 Å². The molecule has 7 heteroatoms. The van der Waals surface area contributed by atoms with E-state index in [4.69, 9.17) is 0 Å². The molecule has 0 aliphatic rings. The predicted molar refractivity (Wildman–Crippen MR) is 65.6 cm³/mol. The van der Waals surface area contributed by atoms with E-state index in [1.807, 2.05) is 6.92 Å². The molecule has 0 aliphatic heterocycles. The third kappa shape index (κ3) is 7.98. The van der Waals surface area contributed by atoms with Gasteiger partial charge in [-0.05, 0) is 13.5 Å². The van der Waals surface area contributed by atoms with E-state index in [1.165, 1.54) is 4.31 Å². The summed E-state index contributed by atoms with van der Waals surface area (Å²) in [5.74, 6) is 0. The van der Waals surface area contributed by atoms with Crippen LogP contribution in [0.4, 0.5) is 0 Å². The third-order valence-corrected chi connectivity index (χ3v) is 3.47. The summed E-state index contributed by atoms with van der Waals surface area (Å²) in [6.45, 7) is 3.68. The van der Waals surface area contributed by atoms with Crippen LogP contribution in [-0.2, 0) is 10.2 Å². The Hall–Kier alpha value is 0.120. The quantitative estimate of drug-likeness (QED) is 0.612. The highest BCUT2D eigenvalue weighted by Gasteiger charge is 2.15. The zero-order chi connectivity index (χ0) is 11.0. The topological polar surface area (TPSA) is 61.4 Å². The summed E-state index contributed by atoms with van der Waals surface area (Å²) in [6, 6.07) is 0.